The van der Waals surface area contributed by atoms with E-state index in [4.69, 9.17) is 10.5 Å². The lowest BCUT2D eigenvalue weighted by atomic mass is 10.2. The number of nitrogens with two attached hydrogens (primary N) is 1. The Kier molecular flexibility index (Phi) is 2.86. The third-order valence-corrected chi connectivity index (χ3v) is 3.97. The van der Waals surface area contributed by atoms with E-state index in [-0.39, 0.29) is 12.5 Å². The van der Waals surface area contributed by atoms with E-state index in [0.717, 1.165) is 4.90 Å². The Hall–Kier alpha value is -2.81. The molecule has 110 valence electrons. The SMILES string of the molecule is Nc1ncnc2nc(Sc3ccc4c(c3)NC(=O)CO4)[nH]c12. The van der Waals surface area contributed by atoms with E-state index in [1.165, 1.54) is 18.1 Å². The van der Waals surface area contributed by atoms with E-state index in [9.17, 15) is 4.79 Å². The number of amides is 1. The molecule has 0 bridgehead atoms. The number of carbonyl (C=O) groups is 1. The smallest absolute Gasteiger partial charge is 0.262 e. The highest BCUT2D eigenvalue weighted by atomic mass is 32.2. The van der Waals surface area contributed by atoms with Gasteiger partial charge < -0.3 is 20.8 Å². The van der Waals surface area contributed by atoms with Crippen molar-refractivity contribution in [3.05, 3.63) is 24.5 Å². The van der Waals surface area contributed by atoms with Gasteiger partial charge in [-0.2, -0.15) is 0 Å². The number of H-pyrrole nitrogens is 1. The topological polar surface area (TPSA) is 119 Å². The molecule has 1 aliphatic heterocycles. The van der Waals surface area contributed by atoms with Crippen molar-refractivity contribution in [3.63, 3.8) is 0 Å². The highest BCUT2D eigenvalue weighted by molar-refractivity contribution is 7.99. The molecule has 3 heterocycles. The quantitative estimate of drug-likeness (QED) is 0.654. The van der Waals surface area contributed by atoms with Crippen molar-refractivity contribution >= 4 is 40.3 Å². The minimum atomic E-state index is -0.165. The van der Waals surface area contributed by atoms with Gasteiger partial charge in [-0.05, 0) is 18.2 Å². The fourth-order valence-corrected chi connectivity index (χ4v) is 2.93. The summed E-state index contributed by atoms with van der Waals surface area (Å²) in [6.45, 7) is 0.0427. The van der Waals surface area contributed by atoms with Crippen LogP contribution in [0.4, 0.5) is 11.5 Å². The van der Waals surface area contributed by atoms with E-state index >= 15 is 0 Å². The molecule has 0 saturated heterocycles. The molecular weight excluding hydrogens is 304 g/mol. The number of imidazole rings is 1. The fraction of sp³-hybridized carbons (Fsp3) is 0.0769. The van der Waals surface area contributed by atoms with Crippen LogP contribution in [0.2, 0.25) is 0 Å². The zero-order valence-electron chi connectivity index (χ0n) is 11.2. The molecule has 0 aliphatic carbocycles. The van der Waals surface area contributed by atoms with Crippen LogP contribution >= 0.6 is 11.8 Å². The first-order chi connectivity index (χ1) is 10.7. The second-order valence-electron chi connectivity index (χ2n) is 4.60. The van der Waals surface area contributed by atoms with Gasteiger partial charge in [-0.25, -0.2) is 15.0 Å². The van der Waals surface area contributed by atoms with Crippen LogP contribution < -0.4 is 15.8 Å². The summed E-state index contributed by atoms with van der Waals surface area (Å²) in [6, 6.07) is 5.54. The highest BCUT2D eigenvalue weighted by Crippen LogP contribution is 2.35. The van der Waals surface area contributed by atoms with Crippen molar-refractivity contribution in [3.8, 4) is 5.75 Å². The van der Waals surface area contributed by atoms with Crippen LogP contribution in [0.3, 0.4) is 0 Å². The van der Waals surface area contributed by atoms with Crippen LogP contribution in [-0.4, -0.2) is 32.4 Å². The van der Waals surface area contributed by atoms with E-state index in [1.807, 2.05) is 18.2 Å². The van der Waals surface area contributed by atoms with Crippen LogP contribution in [0.25, 0.3) is 11.2 Å². The van der Waals surface area contributed by atoms with E-state index in [2.05, 4.69) is 25.3 Å². The van der Waals surface area contributed by atoms with Gasteiger partial charge in [-0.3, -0.25) is 4.79 Å². The molecule has 0 unspecified atom stereocenters. The molecule has 0 radical (unpaired) electrons. The Bertz CT molecular complexity index is 893. The second-order valence-corrected chi connectivity index (χ2v) is 5.66. The van der Waals surface area contributed by atoms with Gasteiger partial charge in [-0.1, -0.05) is 11.8 Å². The number of nitrogen functional groups attached to an aromatic ring is 1. The molecule has 1 aromatic carbocycles. The zero-order chi connectivity index (χ0) is 15.1. The number of fused-ring (bicyclic) bond motifs is 2. The van der Waals surface area contributed by atoms with Gasteiger partial charge in [0.15, 0.2) is 23.2 Å². The predicted octanol–water partition coefficient (Wildman–Crippen LogP) is 1.42. The summed E-state index contributed by atoms with van der Waals surface area (Å²) in [7, 11) is 0. The Morgan fingerprint density at radius 3 is 3.09 bits per heavy atom. The Morgan fingerprint density at radius 1 is 1.32 bits per heavy atom. The molecule has 0 atom stereocenters. The van der Waals surface area contributed by atoms with Gasteiger partial charge in [0.1, 0.15) is 17.6 Å². The van der Waals surface area contributed by atoms with E-state index in [0.29, 0.717) is 33.6 Å². The number of ether oxygens (including phenoxy) is 1. The maximum atomic E-state index is 11.4. The van der Waals surface area contributed by atoms with E-state index in [1.54, 1.807) is 0 Å². The average Bonchev–Trinajstić information content (AvgIpc) is 2.91. The molecule has 0 spiro atoms. The molecular formula is C13H10N6O2S. The molecule has 0 fully saturated rings. The van der Waals surface area contributed by atoms with Crippen LogP contribution in [-0.2, 0) is 4.79 Å². The number of rotatable bonds is 2. The predicted molar refractivity (Wildman–Crippen MR) is 80.8 cm³/mol. The number of benzene rings is 1. The number of carbonyl (C=O) groups excluding carboxylic acids is 1. The molecule has 2 aromatic heterocycles. The molecule has 9 heteroatoms. The van der Waals surface area contributed by atoms with Gasteiger partial charge in [0, 0.05) is 4.90 Å². The second kappa shape index (κ2) is 4.88. The van der Waals surface area contributed by atoms with Gasteiger partial charge in [-0.15, -0.1) is 0 Å². The summed E-state index contributed by atoms with van der Waals surface area (Å²) in [5.74, 6) is 0.848. The molecule has 3 aromatic rings. The van der Waals surface area contributed by atoms with Crippen LogP contribution in [0, 0.1) is 0 Å². The van der Waals surface area contributed by atoms with Crippen molar-refractivity contribution in [2.75, 3.05) is 17.7 Å². The minimum absolute atomic E-state index is 0.0427. The summed E-state index contributed by atoms with van der Waals surface area (Å²) >= 11 is 1.40. The first-order valence-corrected chi connectivity index (χ1v) is 7.21. The maximum absolute atomic E-state index is 11.4. The average molecular weight is 314 g/mol. The van der Waals surface area contributed by atoms with Gasteiger partial charge in [0.2, 0.25) is 0 Å². The Labute approximate surface area is 128 Å². The first-order valence-electron chi connectivity index (χ1n) is 6.40. The summed E-state index contributed by atoms with van der Waals surface area (Å²) in [6.07, 6.45) is 1.37. The molecule has 4 N–H and O–H groups in total. The summed E-state index contributed by atoms with van der Waals surface area (Å²) in [5.41, 5.74) is 7.55. The molecule has 0 saturated carbocycles. The lowest BCUT2D eigenvalue weighted by Crippen LogP contribution is -2.25. The Balaban J connectivity index is 1.66. The summed E-state index contributed by atoms with van der Waals surface area (Å²) < 4.78 is 5.33. The highest BCUT2D eigenvalue weighted by Gasteiger charge is 2.17. The number of anilines is 2. The monoisotopic (exact) mass is 314 g/mol. The maximum Gasteiger partial charge on any atom is 0.262 e. The molecule has 8 nitrogen and oxygen atoms in total. The minimum Gasteiger partial charge on any atom is -0.482 e. The fourth-order valence-electron chi connectivity index (χ4n) is 2.11. The van der Waals surface area contributed by atoms with Crippen LogP contribution in [0.15, 0.2) is 34.6 Å². The van der Waals surface area contributed by atoms with Crippen molar-refractivity contribution in [1.82, 2.24) is 19.9 Å². The van der Waals surface area contributed by atoms with Gasteiger partial charge in [0.25, 0.3) is 5.91 Å². The van der Waals surface area contributed by atoms with Crippen molar-refractivity contribution < 1.29 is 9.53 Å². The van der Waals surface area contributed by atoms with Crippen molar-refractivity contribution in [1.29, 1.82) is 0 Å². The number of aromatic amines is 1. The molecule has 1 amide bonds. The van der Waals surface area contributed by atoms with E-state index < -0.39 is 0 Å². The number of nitrogens with zero attached hydrogens (tertiary/aromatic N) is 3. The largest absolute Gasteiger partial charge is 0.482 e. The van der Waals surface area contributed by atoms with Gasteiger partial charge >= 0.3 is 0 Å². The number of hydrogen-bond donors (Lipinski definition) is 3. The van der Waals surface area contributed by atoms with Crippen LogP contribution in [0.1, 0.15) is 0 Å². The zero-order valence-corrected chi connectivity index (χ0v) is 12.0. The Morgan fingerprint density at radius 2 is 2.23 bits per heavy atom. The summed E-state index contributed by atoms with van der Waals surface area (Å²) in [4.78, 5) is 27.7. The third-order valence-electron chi connectivity index (χ3n) is 3.09. The standard InChI is InChI=1S/C13H10N6O2S/c14-11-10-12(16-5-15-11)19-13(18-10)22-6-1-2-8-7(3-6)17-9(20)4-21-8/h1-3,5H,4H2,(H,17,20)(H3,14,15,16,18,19). The number of nitrogens with one attached hydrogen (secondary N) is 2. The number of hydrogen-bond acceptors (Lipinski definition) is 7. The molecule has 4 rings (SSSR count). The molecule has 1 aliphatic rings. The normalized spacial score (nSPS) is 13.5. The van der Waals surface area contributed by atoms with Crippen molar-refractivity contribution in [2.45, 2.75) is 10.1 Å². The third kappa shape index (κ3) is 2.21. The van der Waals surface area contributed by atoms with Gasteiger partial charge in [0.05, 0.1) is 5.69 Å². The molecule has 22 heavy (non-hydrogen) atoms. The summed E-state index contributed by atoms with van der Waals surface area (Å²) in [5, 5.41) is 3.42. The lowest BCUT2D eigenvalue weighted by Gasteiger charge is -2.18. The van der Waals surface area contributed by atoms with Crippen LogP contribution in [0.5, 0.6) is 5.75 Å². The number of aromatic nitrogens is 4. The first kappa shape index (κ1) is 12.9. The van der Waals surface area contributed by atoms with Crippen molar-refractivity contribution in [2.24, 2.45) is 0 Å². The lowest BCUT2D eigenvalue weighted by molar-refractivity contribution is -0.118.